The maximum absolute atomic E-state index is 11.6. The first-order chi connectivity index (χ1) is 12.2. The molecule has 0 radical (unpaired) electrons. The SMILES string of the molecule is CCCC(=O)Nc1ccc(CN=C(NCC)NCC2CCCS2)cc1. The lowest BCUT2D eigenvalue weighted by Gasteiger charge is -2.14. The van der Waals surface area contributed by atoms with Gasteiger partial charge >= 0.3 is 0 Å². The number of carbonyl (C=O) groups is 1. The minimum absolute atomic E-state index is 0.0664. The smallest absolute Gasteiger partial charge is 0.224 e. The molecule has 0 bridgehead atoms. The van der Waals surface area contributed by atoms with Gasteiger partial charge in [-0.05, 0) is 49.6 Å². The summed E-state index contributed by atoms with van der Waals surface area (Å²) in [6, 6.07) is 7.91. The molecule has 1 amide bonds. The molecule has 1 aromatic carbocycles. The summed E-state index contributed by atoms with van der Waals surface area (Å²) in [5.74, 6) is 2.22. The Labute approximate surface area is 155 Å². The van der Waals surface area contributed by atoms with Crippen LogP contribution < -0.4 is 16.0 Å². The van der Waals surface area contributed by atoms with Crippen molar-refractivity contribution >= 4 is 29.3 Å². The van der Waals surface area contributed by atoms with Crippen LogP contribution in [0.15, 0.2) is 29.3 Å². The highest BCUT2D eigenvalue weighted by Crippen LogP contribution is 2.25. The summed E-state index contributed by atoms with van der Waals surface area (Å²) >= 11 is 2.05. The van der Waals surface area contributed by atoms with E-state index in [9.17, 15) is 4.79 Å². The number of aliphatic imine (C=N–C) groups is 1. The third-order valence-corrected chi connectivity index (χ3v) is 5.40. The van der Waals surface area contributed by atoms with Crippen molar-refractivity contribution in [2.24, 2.45) is 4.99 Å². The van der Waals surface area contributed by atoms with Gasteiger partial charge in [0.05, 0.1) is 6.54 Å². The second-order valence-electron chi connectivity index (χ2n) is 6.21. The minimum atomic E-state index is 0.0664. The van der Waals surface area contributed by atoms with Crippen molar-refractivity contribution in [1.29, 1.82) is 0 Å². The highest BCUT2D eigenvalue weighted by Gasteiger charge is 2.15. The molecule has 6 heteroatoms. The van der Waals surface area contributed by atoms with Crippen LogP contribution in [0.25, 0.3) is 0 Å². The van der Waals surface area contributed by atoms with Crippen molar-refractivity contribution < 1.29 is 4.79 Å². The molecule has 0 saturated carbocycles. The number of benzene rings is 1. The summed E-state index contributed by atoms with van der Waals surface area (Å²) in [6.45, 7) is 6.53. The van der Waals surface area contributed by atoms with Gasteiger partial charge in [0.1, 0.15) is 0 Å². The van der Waals surface area contributed by atoms with Gasteiger partial charge in [-0.15, -0.1) is 0 Å². The van der Waals surface area contributed by atoms with Crippen molar-refractivity contribution in [1.82, 2.24) is 10.6 Å². The number of nitrogens with zero attached hydrogens (tertiary/aromatic N) is 1. The van der Waals surface area contributed by atoms with Crippen LogP contribution in [0.5, 0.6) is 0 Å². The molecular formula is C19H30N4OS. The Hall–Kier alpha value is -1.69. The normalized spacial score (nSPS) is 17.4. The van der Waals surface area contributed by atoms with E-state index in [0.29, 0.717) is 18.2 Å². The monoisotopic (exact) mass is 362 g/mol. The summed E-state index contributed by atoms with van der Waals surface area (Å²) in [4.78, 5) is 16.3. The van der Waals surface area contributed by atoms with Gasteiger partial charge in [0.25, 0.3) is 0 Å². The minimum Gasteiger partial charge on any atom is -0.357 e. The van der Waals surface area contributed by atoms with Gasteiger partial charge in [0.2, 0.25) is 5.91 Å². The Morgan fingerprint density at radius 1 is 1.24 bits per heavy atom. The van der Waals surface area contributed by atoms with Gasteiger partial charge in [-0.3, -0.25) is 4.79 Å². The molecule has 1 atom stereocenters. The number of hydrogen-bond acceptors (Lipinski definition) is 3. The van der Waals surface area contributed by atoms with Crippen molar-refractivity contribution in [2.75, 3.05) is 24.2 Å². The van der Waals surface area contributed by atoms with Crippen LogP contribution in [0.3, 0.4) is 0 Å². The Kier molecular flexibility index (Phi) is 8.66. The van der Waals surface area contributed by atoms with Crippen molar-refractivity contribution in [3.63, 3.8) is 0 Å². The molecular weight excluding hydrogens is 332 g/mol. The number of amides is 1. The van der Waals surface area contributed by atoms with E-state index in [2.05, 4.69) is 27.9 Å². The maximum atomic E-state index is 11.6. The average Bonchev–Trinajstić information content (AvgIpc) is 3.12. The Morgan fingerprint density at radius 3 is 2.68 bits per heavy atom. The number of thioether (sulfide) groups is 1. The molecule has 1 saturated heterocycles. The first kappa shape index (κ1) is 19.6. The molecule has 1 aromatic rings. The molecule has 0 aromatic heterocycles. The zero-order chi connectivity index (χ0) is 17.9. The number of carbonyl (C=O) groups excluding carboxylic acids is 1. The fraction of sp³-hybridized carbons (Fsp3) is 0.579. The second kappa shape index (κ2) is 11.0. The van der Waals surface area contributed by atoms with Crippen molar-refractivity contribution in [3.05, 3.63) is 29.8 Å². The predicted octanol–water partition coefficient (Wildman–Crippen LogP) is 3.38. The molecule has 138 valence electrons. The fourth-order valence-corrected chi connectivity index (χ4v) is 3.87. The van der Waals surface area contributed by atoms with E-state index in [0.717, 1.165) is 36.7 Å². The van der Waals surface area contributed by atoms with Gasteiger partial charge in [-0.1, -0.05) is 19.1 Å². The lowest BCUT2D eigenvalue weighted by molar-refractivity contribution is -0.116. The largest absolute Gasteiger partial charge is 0.357 e. The Balaban J connectivity index is 1.84. The third kappa shape index (κ3) is 7.38. The molecule has 1 aliphatic rings. The van der Waals surface area contributed by atoms with Crippen LogP contribution in [0.2, 0.25) is 0 Å². The standard InChI is InChI=1S/C19H30N4OS/c1-3-6-18(24)23-16-10-8-15(9-11-16)13-21-19(20-4-2)22-14-17-7-5-12-25-17/h8-11,17H,3-7,12-14H2,1-2H3,(H,23,24)(H2,20,21,22). The van der Waals surface area contributed by atoms with E-state index in [-0.39, 0.29) is 5.91 Å². The number of rotatable bonds is 8. The molecule has 1 heterocycles. The van der Waals surface area contributed by atoms with Crippen LogP contribution in [0, 0.1) is 0 Å². The van der Waals surface area contributed by atoms with E-state index in [1.165, 1.54) is 18.6 Å². The van der Waals surface area contributed by atoms with E-state index in [4.69, 9.17) is 0 Å². The maximum Gasteiger partial charge on any atom is 0.224 e. The molecule has 0 spiro atoms. The molecule has 1 aliphatic heterocycles. The number of nitrogens with one attached hydrogen (secondary N) is 3. The van der Waals surface area contributed by atoms with Crippen molar-refractivity contribution in [2.45, 2.75) is 51.3 Å². The number of anilines is 1. The summed E-state index contributed by atoms with van der Waals surface area (Å²) in [7, 11) is 0. The quantitative estimate of drug-likeness (QED) is 0.490. The lowest BCUT2D eigenvalue weighted by Crippen LogP contribution is -2.40. The number of hydrogen-bond donors (Lipinski definition) is 3. The second-order valence-corrected chi connectivity index (χ2v) is 7.61. The molecule has 2 rings (SSSR count). The van der Waals surface area contributed by atoms with Crippen LogP contribution in [0.1, 0.15) is 45.1 Å². The first-order valence-electron chi connectivity index (χ1n) is 9.23. The van der Waals surface area contributed by atoms with Gasteiger partial charge in [-0.25, -0.2) is 4.99 Å². The van der Waals surface area contributed by atoms with Gasteiger partial charge < -0.3 is 16.0 Å². The summed E-state index contributed by atoms with van der Waals surface area (Å²) < 4.78 is 0. The highest BCUT2D eigenvalue weighted by atomic mass is 32.2. The van der Waals surface area contributed by atoms with Crippen LogP contribution in [-0.4, -0.2) is 36.0 Å². The van der Waals surface area contributed by atoms with E-state index < -0.39 is 0 Å². The molecule has 5 nitrogen and oxygen atoms in total. The summed E-state index contributed by atoms with van der Waals surface area (Å²) in [5, 5.41) is 10.4. The van der Waals surface area contributed by atoms with Gasteiger partial charge in [-0.2, -0.15) is 11.8 Å². The van der Waals surface area contributed by atoms with E-state index >= 15 is 0 Å². The average molecular weight is 363 g/mol. The van der Waals surface area contributed by atoms with Gasteiger partial charge in [0.15, 0.2) is 5.96 Å². The third-order valence-electron chi connectivity index (χ3n) is 4.00. The topological polar surface area (TPSA) is 65.5 Å². The molecule has 25 heavy (non-hydrogen) atoms. The fourth-order valence-electron chi connectivity index (χ4n) is 2.67. The zero-order valence-electron chi connectivity index (χ0n) is 15.3. The van der Waals surface area contributed by atoms with Crippen LogP contribution in [-0.2, 0) is 11.3 Å². The Morgan fingerprint density at radius 2 is 2.04 bits per heavy atom. The number of guanidine groups is 1. The van der Waals surface area contributed by atoms with Crippen molar-refractivity contribution in [3.8, 4) is 0 Å². The predicted molar refractivity (Wildman–Crippen MR) is 108 cm³/mol. The summed E-state index contributed by atoms with van der Waals surface area (Å²) in [6.07, 6.45) is 4.04. The zero-order valence-corrected chi connectivity index (χ0v) is 16.1. The van der Waals surface area contributed by atoms with E-state index in [1.54, 1.807) is 0 Å². The lowest BCUT2D eigenvalue weighted by atomic mass is 10.2. The highest BCUT2D eigenvalue weighted by molar-refractivity contribution is 8.00. The molecule has 1 unspecified atom stereocenters. The summed E-state index contributed by atoms with van der Waals surface area (Å²) in [5.41, 5.74) is 1.97. The Bertz CT molecular complexity index is 553. The van der Waals surface area contributed by atoms with Crippen LogP contribution in [0.4, 0.5) is 5.69 Å². The molecule has 0 aliphatic carbocycles. The molecule has 3 N–H and O–H groups in total. The van der Waals surface area contributed by atoms with Crippen LogP contribution >= 0.6 is 11.8 Å². The van der Waals surface area contributed by atoms with Gasteiger partial charge in [0, 0.05) is 30.4 Å². The molecule has 1 fully saturated rings. The van der Waals surface area contributed by atoms with E-state index in [1.807, 2.05) is 43.0 Å². The first-order valence-corrected chi connectivity index (χ1v) is 10.3.